The van der Waals surface area contributed by atoms with E-state index in [9.17, 15) is 19.2 Å². The van der Waals surface area contributed by atoms with Crippen molar-refractivity contribution < 1.29 is 38.5 Å². The Morgan fingerprint density at radius 1 is 0.300 bits per heavy atom. The molecule has 0 amide bonds. The number of carboxylic acids is 1. The van der Waals surface area contributed by atoms with Crippen LogP contribution >= 0.6 is 0 Å². The first-order valence-corrected chi connectivity index (χ1v) is 34.0. The van der Waals surface area contributed by atoms with E-state index >= 15 is 0 Å². The summed E-state index contributed by atoms with van der Waals surface area (Å²) < 4.78 is 19.1. The average Bonchev–Trinajstić information content (AvgIpc) is 3.44. The predicted octanol–water partition coefficient (Wildman–Crippen LogP) is 22.3. The zero-order chi connectivity index (χ0) is 58.3. The highest BCUT2D eigenvalue weighted by Crippen LogP contribution is 2.25. The lowest BCUT2D eigenvalue weighted by molar-refractivity contribution is -0.174. The Bertz CT molecular complexity index is 1570. The SMILES string of the molecule is CCCCC/C=C\C/C=C\CCCCCCCC(=O)O[C@H](CCCCCC)C[C@@H](OC(=O)CCCCCCC/C=C\C/C=C\CCCCC)[C@H](CCCCCCCC(=O)O)OC(=O)CCCCCCC/C=C\C/C=C\CCCCC. The second-order valence-electron chi connectivity index (χ2n) is 22.9. The molecule has 0 rings (SSSR count). The molecule has 0 aliphatic heterocycles. The van der Waals surface area contributed by atoms with Crippen LogP contribution in [0.3, 0.4) is 0 Å². The van der Waals surface area contributed by atoms with Crippen LogP contribution in [0.5, 0.6) is 0 Å². The molecule has 0 bridgehead atoms. The summed E-state index contributed by atoms with van der Waals surface area (Å²) >= 11 is 0. The lowest BCUT2D eigenvalue weighted by atomic mass is 9.97. The predicted molar refractivity (Wildman–Crippen MR) is 341 cm³/mol. The quantitative estimate of drug-likeness (QED) is 0.0277. The van der Waals surface area contributed by atoms with Gasteiger partial charge in [0.2, 0.25) is 0 Å². The van der Waals surface area contributed by atoms with Gasteiger partial charge >= 0.3 is 23.9 Å². The summed E-state index contributed by atoms with van der Waals surface area (Å²) in [5.74, 6) is -1.54. The van der Waals surface area contributed by atoms with Crippen molar-refractivity contribution in [2.24, 2.45) is 0 Å². The van der Waals surface area contributed by atoms with E-state index in [1.54, 1.807) is 0 Å². The summed E-state index contributed by atoms with van der Waals surface area (Å²) in [5.41, 5.74) is 0. The molecule has 8 heteroatoms. The van der Waals surface area contributed by atoms with Gasteiger partial charge in [-0.15, -0.1) is 0 Å². The first kappa shape index (κ1) is 76.3. The van der Waals surface area contributed by atoms with E-state index in [1.807, 2.05) is 0 Å². The van der Waals surface area contributed by atoms with Crippen LogP contribution in [-0.2, 0) is 33.4 Å². The largest absolute Gasteiger partial charge is 0.481 e. The molecule has 0 aliphatic carbocycles. The average molecular weight is 1120 g/mol. The number of ether oxygens (including phenoxy) is 3. The van der Waals surface area contributed by atoms with E-state index < -0.39 is 24.3 Å². The summed E-state index contributed by atoms with van der Waals surface area (Å²) in [6, 6.07) is 0. The van der Waals surface area contributed by atoms with Crippen molar-refractivity contribution in [3.63, 3.8) is 0 Å². The van der Waals surface area contributed by atoms with Crippen LogP contribution in [0, 0.1) is 0 Å². The van der Waals surface area contributed by atoms with E-state index in [4.69, 9.17) is 19.3 Å². The normalized spacial score (nSPS) is 13.2. The second-order valence-corrected chi connectivity index (χ2v) is 22.9. The van der Waals surface area contributed by atoms with Crippen molar-refractivity contribution in [2.45, 2.75) is 361 Å². The molecule has 0 aromatic rings. The Labute approximate surface area is 493 Å². The van der Waals surface area contributed by atoms with Crippen molar-refractivity contribution in [1.82, 2.24) is 0 Å². The van der Waals surface area contributed by atoms with E-state index in [-0.39, 0.29) is 24.3 Å². The fourth-order valence-corrected chi connectivity index (χ4v) is 9.97. The van der Waals surface area contributed by atoms with Crippen LogP contribution in [0.4, 0.5) is 0 Å². The van der Waals surface area contributed by atoms with Gasteiger partial charge in [-0.2, -0.15) is 0 Å². The highest BCUT2D eigenvalue weighted by molar-refractivity contribution is 5.71. The number of allylic oxidation sites excluding steroid dienone is 12. The van der Waals surface area contributed by atoms with E-state index in [2.05, 4.69) is 101 Å². The molecular weight excluding hydrogens is 993 g/mol. The highest BCUT2D eigenvalue weighted by Gasteiger charge is 2.32. The van der Waals surface area contributed by atoms with Gasteiger partial charge in [0.05, 0.1) is 0 Å². The Morgan fingerprint density at radius 3 is 0.950 bits per heavy atom. The van der Waals surface area contributed by atoms with Gasteiger partial charge in [-0.3, -0.25) is 19.2 Å². The standard InChI is InChI=1S/C72H126O8/c1-5-9-13-17-20-23-26-29-32-35-38-41-44-50-56-62-70(75)78-66(59-53-16-12-8-4)65-68(80-72(77)64-58-52-46-43-40-37-34-31-28-25-22-19-15-11-7-3)67(60-54-48-47-49-55-61-69(73)74)79-71(76)63-57-51-45-42-39-36-33-30-27-24-21-18-14-10-6-2/h20-25,29-34,66-68H,5-19,26-28,35-65H2,1-4H3,(H,73,74)/b23-20-,24-21-,25-22-,32-29-,33-30-,34-31-/t66-,67+,68-/m1/s1. The monoisotopic (exact) mass is 1120 g/mol. The van der Waals surface area contributed by atoms with Crippen LogP contribution in [0.15, 0.2) is 72.9 Å². The first-order chi connectivity index (χ1) is 39.3. The third kappa shape index (κ3) is 57.6. The molecule has 0 heterocycles. The number of unbranched alkanes of at least 4 members (excludes halogenated alkanes) is 31. The molecule has 0 fully saturated rings. The number of esters is 3. The van der Waals surface area contributed by atoms with Crippen molar-refractivity contribution >= 4 is 23.9 Å². The molecule has 0 saturated heterocycles. The van der Waals surface area contributed by atoms with Gasteiger partial charge in [0.1, 0.15) is 18.3 Å². The molecule has 0 unspecified atom stereocenters. The van der Waals surface area contributed by atoms with Crippen LogP contribution in [0.2, 0.25) is 0 Å². The molecule has 0 aromatic heterocycles. The fourth-order valence-electron chi connectivity index (χ4n) is 9.97. The second kappa shape index (κ2) is 62.9. The van der Waals surface area contributed by atoms with Gasteiger partial charge in [0.25, 0.3) is 0 Å². The molecule has 0 radical (unpaired) electrons. The van der Waals surface area contributed by atoms with Gasteiger partial charge in [0.15, 0.2) is 0 Å². The highest BCUT2D eigenvalue weighted by atomic mass is 16.6. The number of carbonyl (C=O) groups excluding carboxylic acids is 3. The van der Waals surface area contributed by atoms with Crippen LogP contribution in [0.1, 0.15) is 342 Å². The number of carboxylic acid groups (broad SMARTS) is 1. The summed E-state index contributed by atoms with van der Waals surface area (Å²) in [5, 5.41) is 9.16. The zero-order valence-corrected chi connectivity index (χ0v) is 52.6. The van der Waals surface area contributed by atoms with Crippen molar-refractivity contribution in [1.29, 1.82) is 0 Å². The molecule has 0 saturated carbocycles. The third-order valence-corrected chi connectivity index (χ3v) is 15.0. The molecule has 0 aromatic carbocycles. The Morgan fingerprint density at radius 2 is 0.575 bits per heavy atom. The Balaban J connectivity index is 5.81. The van der Waals surface area contributed by atoms with Crippen molar-refractivity contribution in [3.8, 4) is 0 Å². The molecule has 1 N–H and O–H groups in total. The lowest BCUT2D eigenvalue weighted by Crippen LogP contribution is -2.39. The lowest BCUT2D eigenvalue weighted by Gasteiger charge is -2.30. The van der Waals surface area contributed by atoms with Gasteiger partial charge in [-0.25, -0.2) is 0 Å². The molecule has 0 aliphatic rings. The van der Waals surface area contributed by atoms with Crippen molar-refractivity contribution in [2.75, 3.05) is 0 Å². The number of hydrogen-bond acceptors (Lipinski definition) is 7. The minimum absolute atomic E-state index is 0.162. The summed E-state index contributed by atoms with van der Waals surface area (Å²) in [4.78, 5) is 52.3. The zero-order valence-electron chi connectivity index (χ0n) is 52.6. The summed E-state index contributed by atoms with van der Waals surface area (Å²) in [7, 11) is 0. The summed E-state index contributed by atoms with van der Waals surface area (Å²) in [6.07, 6.45) is 72.7. The van der Waals surface area contributed by atoms with Crippen molar-refractivity contribution in [3.05, 3.63) is 72.9 Å². The molecule has 0 spiro atoms. The number of aliphatic carboxylic acids is 1. The first-order valence-electron chi connectivity index (χ1n) is 34.0. The molecule has 8 nitrogen and oxygen atoms in total. The van der Waals surface area contributed by atoms with Crippen LogP contribution in [-0.4, -0.2) is 47.3 Å². The minimum Gasteiger partial charge on any atom is -0.481 e. The van der Waals surface area contributed by atoms with Gasteiger partial charge < -0.3 is 19.3 Å². The van der Waals surface area contributed by atoms with Gasteiger partial charge in [0, 0.05) is 32.1 Å². The Kier molecular flexibility index (Phi) is 60.0. The summed E-state index contributed by atoms with van der Waals surface area (Å²) in [6.45, 7) is 8.91. The van der Waals surface area contributed by atoms with Gasteiger partial charge in [-0.05, 0) is 148 Å². The maximum Gasteiger partial charge on any atom is 0.306 e. The van der Waals surface area contributed by atoms with Gasteiger partial charge in [-0.1, -0.05) is 235 Å². The van der Waals surface area contributed by atoms with E-state index in [0.717, 1.165) is 186 Å². The number of rotatable bonds is 61. The Hall–Kier alpha value is -3.68. The van der Waals surface area contributed by atoms with Crippen LogP contribution in [0.25, 0.3) is 0 Å². The number of hydrogen-bond donors (Lipinski definition) is 1. The minimum atomic E-state index is -0.776. The molecule has 462 valence electrons. The maximum atomic E-state index is 13.8. The molecule has 80 heavy (non-hydrogen) atoms. The van der Waals surface area contributed by atoms with E-state index in [1.165, 1.54) is 77.0 Å². The third-order valence-electron chi connectivity index (χ3n) is 15.0. The maximum absolute atomic E-state index is 13.8. The van der Waals surface area contributed by atoms with Crippen LogP contribution < -0.4 is 0 Å². The topological polar surface area (TPSA) is 116 Å². The van der Waals surface area contributed by atoms with E-state index in [0.29, 0.717) is 44.9 Å². The smallest absolute Gasteiger partial charge is 0.306 e. The number of carbonyl (C=O) groups is 4. The fraction of sp³-hybridized carbons (Fsp3) is 0.778. The molecule has 3 atom stereocenters. The molecular formula is C72H126O8.